The lowest BCUT2D eigenvalue weighted by molar-refractivity contribution is -0.129. The van der Waals surface area contributed by atoms with Crippen molar-refractivity contribution in [3.8, 4) is 0 Å². The topological polar surface area (TPSA) is 61.4 Å². The van der Waals surface area contributed by atoms with Gasteiger partial charge in [-0.2, -0.15) is 0 Å². The molecule has 0 radical (unpaired) electrons. The van der Waals surface area contributed by atoms with Crippen LogP contribution in [0.1, 0.15) is 51.9 Å². The van der Waals surface area contributed by atoms with E-state index in [1.807, 2.05) is 74.5 Å². The molecule has 1 aromatic heterocycles. The summed E-state index contributed by atoms with van der Waals surface area (Å²) in [5.41, 5.74) is 3.85. The third-order valence-corrected chi connectivity index (χ3v) is 6.22. The Morgan fingerprint density at radius 2 is 1.75 bits per heavy atom. The van der Waals surface area contributed by atoms with Gasteiger partial charge in [0.1, 0.15) is 5.82 Å². The summed E-state index contributed by atoms with van der Waals surface area (Å²) in [6.07, 6.45) is 4.36. The van der Waals surface area contributed by atoms with Crippen molar-refractivity contribution in [2.24, 2.45) is 0 Å². The van der Waals surface area contributed by atoms with Gasteiger partial charge in [0.05, 0.1) is 18.5 Å². The first-order chi connectivity index (χ1) is 17.4. The first-order valence-electron chi connectivity index (χ1n) is 12.8. The van der Waals surface area contributed by atoms with Gasteiger partial charge in [-0.25, -0.2) is 9.97 Å². The fourth-order valence-corrected chi connectivity index (χ4v) is 4.14. The Balaban J connectivity index is 1.78. The van der Waals surface area contributed by atoms with Gasteiger partial charge in [0, 0.05) is 36.4 Å². The highest BCUT2D eigenvalue weighted by Gasteiger charge is 2.19. The van der Waals surface area contributed by atoms with Crippen LogP contribution in [0.15, 0.2) is 78.6 Å². The highest BCUT2D eigenvalue weighted by Crippen LogP contribution is 2.22. The van der Waals surface area contributed by atoms with Crippen molar-refractivity contribution >= 4 is 22.6 Å². The minimum Gasteiger partial charge on any atom is -0.375 e. The number of anilines is 1. The van der Waals surface area contributed by atoms with Gasteiger partial charge in [0.15, 0.2) is 5.82 Å². The zero-order chi connectivity index (χ0) is 25.9. The van der Waals surface area contributed by atoms with Crippen molar-refractivity contribution in [2.45, 2.75) is 53.5 Å². The van der Waals surface area contributed by atoms with Crippen molar-refractivity contribution in [3.05, 3.63) is 90.0 Å². The molecule has 2 aromatic carbocycles. The molecule has 0 aliphatic heterocycles. The van der Waals surface area contributed by atoms with Gasteiger partial charge in [-0.1, -0.05) is 62.0 Å². The predicted molar refractivity (Wildman–Crippen MR) is 149 cm³/mol. The molecule has 6 heteroatoms. The molecule has 0 spiro atoms. The van der Waals surface area contributed by atoms with E-state index in [9.17, 15) is 4.79 Å². The van der Waals surface area contributed by atoms with Crippen molar-refractivity contribution in [2.75, 3.05) is 25.0 Å². The van der Waals surface area contributed by atoms with Gasteiger partial charge < -0.3 is 15.1 Å². The Kier molecular flexibility index (Phi) is 10.0. The quantitative estimate of drug-likeness (QED) is 0.293. The molecule has 3 rings (SSSR count). The van der Waals surface area contributed by atoms with E-state index in [0.717, 1.165) is 66.2 Å². The molecule has 0 atom stereocenters. The van der Waals surface area contributed by atoms with Gasteiger partial charge in [-0.3, -0.25) is 4.79 Å². The second-order valence-corrected chi connectivity index (χ2v) is 9.08. The van der Waals surface area contributed by atoms with E-state index in [-0.39, 0.29) is 5.91 Å². The van der Waals surface area contributed by atoms with E-state index in [1.54, 1.807) is 4.90 Å². The number of para-hydroxylation sites is 1. The number of aromatic nitrogens is 2. The van der Waals surface area contributed by atoms with Crippen LogP contribution in [-0.2, 0) is 17.8 Å². The number of fused-ring (bicyclic) bond motifs is 1. The number of carbonyl (C=O) groups excluding carboxylic acids is 1. The average molecular weight is 486 g/mol. The Morgan fingerprint density at radius 1 is 1.03 bits per heavy atom. The first kappa shape index (κ1) is 26.9. The van der Waals surface area contributed by atoms with Gasteiger partial charge in [0.2, 0.25) is 5.91 Å². The number of rotatable bonds is 13. The van der Waals surface area contributed by atoms with Crippen LogP contribution in [0.25, 0.3) is 10.9 Å². The fourth-order valence-electron chi connectivity index (χ4n) is 4.14. The van der Waals surface area contributed by atoms with Crippen molar-refractivity contribution in [1.82, 2.24) is 19.8 Å². The molecule has 0 saturated heterocycles. The summed E-state index contributed by atoms with van der Waals surface area (Å²) in [5, 5.41) is 4.51. The van der Waals surface area contributed by atoms with Gasteiger partial charge >= 0.3 is 0 Å². The van der Waals surface area contributed by atoms with Gasteiger partial charge in [0.25, 0.3) is 0 Å². The van der Waals surface area contributed by atoms with Crippen LogP contribution in [0.3, 0.4) is 0 Å². The van der Waals surface area contributed by atoms with Crippen LogP contribution in [0, 0.1) is 0 Å². The molecule has 0 saturated carbocycles. The minimum absolute atomic E-state index is 0.0267. The molecule has 36 heavy (non-hydrogen) atoms. The maximum atomic E-state index is 13.3. The third-order valence-electron chi connectivity index (χ3n) is 6.22. The fraction of sp³-hybridized carbons (Fsp3) is 0.367. The molecule has 0 aliphatic rings. The molecule has 3 aromatic rings. The summed E-state index contributed by atoms with van der Waals surface area (Å²) >= 11 is 0. The molecule has 1 N–H and O–H groups in total. The summed E-state index contributed by atoms with van der Waals surface area (Å²) in [7, 11) is 0. The van der Waals surface area contributed by atoms with Crippen molar-refractivity contribution in [3.63, 3.8) is 0 Å². The Labute approximate surface area is 215 Å². The van der Waals surface area contributed by atoms with Crippen LogP contribution >= 0.6 is 0 Å². The number of benzene rings is 2. The summed E-state index contributed by atoms with van der Waals surface area (Å²) in [5.74, 6) is 1.45. The summed E-state index contributed by atoms with van der Waals surface area (Å²) in [6.45, 7) is 15.3. The molecular weight excluding hydrogens is 446 g/mol. The van der Waals surface area contributed by atoms with Crippen LogP contribution in [0.4, 0.5) is 5.82 Å². The number of carbonyl (C=O) groups is 1. The molecule has 0 bridgehead atoms. The third kappa shape index (κ3) is 7.41. The second-order valence-electron chi connectivity index (χ2n) is 9.08. The molecule has 6 nitrogen and oxygen atoms in total. The lowest BCUT2D eigenvalue weighted by Gasteiger charge is -2.24. The lowest BCUT2D eigenvalue weighted by Crippen LogP contribution is -2.31. The normalized spacial score (nSPS) is 11.4. The van der Waals surface area contributed by atoms with Gasteiger partial charge in [-0.15, -0.1) is 0 Å². The number of nitrogens with one attached hydrogen (secondary N) is 1. The van der Waals surface area contributed by atoms with E-state index >= 15 is 0 Å². The summed E-state index contributed by atoms with van der Waals surface area (Å²) in [4.78, 5) is 27.0. The largest absolute Gasteiger partial charge is 0.375 e. The van der Waals surface area contributed by atoms with E-state index in [0.29, 0.717) is 18.8 Å². The standard InChI is InChI=1S/C30H39N5O/c1-6-19-34(23(3)4)20-13-18-31-30-26-16-11-12-17-27(26)32-28(33-30)22-35(24(5)7-2)29(36)21-25-14-9-8-10-15-25/h7-12,14-17H,3,6,13,18-22H2,1-2,4-5H3,(H,31,32,33)/b24-7+. The lowest BCUT2D eigenvalue weighted by atomic mass is 10.1. The number of hydrogen-bond acceptors (Lipinski definition) is 5. The molecular formula is C30H39N5O. The SMILES string of the molecule is C=C(C)N(CCC)CCCNc1nc(CN(C(=O)Cc2ccccc2)/C(C)=C/C)nc2ccccc12. The monoisotopic (exact) mass is 485 g/mol. The maximum absolute atomic E-state index is 13.3. The molecule has 1 amide bonds. The molecule has 0 fully saturated rings. The highest BCUT2D eigenvalue weighted by atomic mass is 16.2. The van der Waals surface area contributed by atoms with E-state index < -0.39 is 0 Å². The van der Waals surface area contributed by atoms with Crippen LogP contribution in [-0.4, -0.2) is 45.3 Å². The average Bonchev–Trinajstić information content (AvgIpc) is 2.88. The van der Waals surface area contributed by atoms with E-state index in [4.69, 9.17) is 9.97 Å². The summed E-state index contributed by atoms with van der Waals surface area (Å²) < 4.78 is 0. The zero-order valence-electron chi connectivity index (χ0n) is 22.1. The highest BCUT2D eigenvalue weighted by molar-refractivity contribution is 5.89. The van der Waals surface area contributed by atoms with Crippen LogP contribution < -0.4 is 5.32 Å². The smallest absolute Gasteiger partial charge is 0.231 e. The molecule has 1 heterocycles. The van der Waals surface area contributed by atoms with E-state index in [2.05, 4.69) is 30.6 Å². The van der Waals surface area contributed by atoms with Gasteiger partial charge in [-0.05, 0) is 51.3 Å². The van der Waals surface area contributed by atoms with Crippen LogP contribution in [0.2, 0.25) is 0 Å². The Bertz CT molecular complexity index is 1190. The summed E-state index contributed by atoms with van der Waals surface area (Å²) in [6, 6.07) is 17.8. The zero-order valence-corrected chi connectivity index (χ0v) is 22.1. The van der Waals surface area contributed by atoms with E-state index in [1.165, 1.54) is 0 Å². The van der Waals surface area contributed by atoms with Crippen molar-refractivity contribution in [1.29, 1.82) is 0 Å². The number of allylic oxidation sites excluding steroid dienone is 3. The first-order valence-corrected chi connectivity index (χ1v) is 12.8. The molecule has 0 aliphatic carbocycles. The molecule has 0 unspecified atom stereocenters. The number of hydrogen-bond donors (Lipinski definition) is 1. The van der Waals surface area contributed by atoms with Crippen LogP contribution in [0.5, 0.6) is 0 Å². The second kappa shape index (κ2) is 13.4. The number of amides is 1. The van der Waals surface area contributed by atoms with Crippen molar-refractivity contribution < 1.29 is 4.79 Å². The Hall–Kier alpha value is -3.67. The Morgan fingerprint density at radius 3 is 2.44 bits per heavy atom. The maximum Gasteiger partial charge on any atom is 0.231 e. The molecule has 190 valence electrons. The minimum atomic E-state index is 0.0267. The predicted octanol–water partition coefficient (Wildman–Crippen LogP) is 6.17. The number of nitrogens with zero attached hydrogens (tertiary/aromatic N) is 4.